The number of aromatic nitrogens is 2. The van der Waals surface area contributed by atoms with Gasteiger partial charge >= 0.3 is 0 Å². The van der Waals surface area contributed by atoms with Crippen molar-refractivity contribution in [2.24, 2.45) is 0 Å². The van der Waals surface area contributed by atoms with Gasteiger partial charge in [-0.3, -0.25) is 9.36 Å². The first-order valence-corrected chi connectivity index (χ1v) is 12.8. The van der Waals surface area contributed by atoms with Crippen LogP contribution in [0.15, 0.2) is 70.6 Å². The minimum Gasteiger partial charge on any atom is -0.369 e. The summed E-state index contributed by atoms with van der Waals surface area (Å²) in [6.07, 6.45) is 1.68. The summed E-state index contributed by atoms with van der Waals surface area (Å²) in [5, 5.41) is 1.56. The molecule has 1 aliphatic rings. The van der Waals surface area contributed by atoms with Crippen molar-refractivity contribution in [2.75, 3.05) is 0 Å². The van der Waals surface area contributed by atoms with E-state index in [4.69, 9.17) is 9.72 Å². The van der Waals surface area contributed by atoms with Gasteiger partial charge < -0.3 is 4.74 Å². The summed E-state index contributed by atoms with van der Waals surface area (Å²) < 4.78 is 8.00. The molecule has 1 atom stereocenters. The Morgan fingerprint density at radius 2 is 1.78 bits per heavy atom. The van der Waals surface area contributed by atoms with Crippen LogP contribution < -0.4 is 5.56 Å². The van der Waals surface area contributed by atoms with Gasteiger partial charge in [-0.15, -0.1) is 11.3 Å². The fraction of sp³-hybridized carbons (Fsp3) is 0.308. The minimum atomic E-state index is -0.224. The van der Waals surface area contributed by atoms with E-state index in [0.29, 0.717) is 13.2 Å². The van der Waals surface area contributed by atoms with Gasteiger partial charge in [0.15, 0.2) is 5.16 Å². The summed E-state index contributed by atoms with van der Waals surface area (Å²) in [6.45, 7) is 5.36. The Hall–Kier alpha value is -2.41. The first-order valence-electron chi connectivity index (χ1n) is 11.0. The number of hydrogen-bond acceptors (Lipinski definition) is 5. The molecule has 2 aromatic heterocycles. The van der Waals surface area contributed by atoms with Crippen LogP contribution >= 0.6 is 23.1 Å². The Kier molecular flexibility index (Phi) is 5.93. The summed E-state index contributed by atoms with van der Waals surface area (Å²) in [5.41, 5.74) is 3.30. The highest BCUT2D eigenvalue weighted by molar-refractivity contribution is 7.98. The lowest BCUT2D eigenvalue weighted by molar-refractivity contribution is -0.0543. The van der Waals surface area contributed by atoms with Crippen LogP contribution in [0.5, 0.6) is 0 Å². The highest BCUT2D eigenvalue weighted by atomic mass is 32.2. The van der Waals surface area contributed by atoms with Crippen molar-refractivity contribution in [3.63, 3.8) is 0 Å². The van der Waals surface area contributed by atoms with E-state index in [9.17, 15) is 4.79 Å². The number of thiophene rings is 1. The zero-order valence-corrected chi connectivity index (χ0v) is 20.0. The predicted octanol–water partition coefficient (Wildman–Crippen LogP) is 6.04. The van der Waals surface area contributed by atoms with Crippen molar-refractivity contribution < 1.29 is 4.74 Å². The van der Waals surface area contributed by atoms with Crippen molar-refractivity contribution in [3.8, 4) is 0 Å². The van der Waals surface area contributed by atoms with Crippen molar-refractivity contribution in [2.45, 2.75) is 56.4 Å². The lowest BCUT2D eigenvalue weighted by atomic mass is 9.90. The molecule has 0 saturated heterocycles. The molecule has 4 nitrogen and oxygen atoms in total. The molecule has 1 aliphatic heterocycles. The van der Waals surface area contributed by atoms with Gasteiger partial charge in [0.05, 0.1) is 24.1 Å². The van der Waals surface area contributed by atoms with Gasteiger partial charge in [0.1, 0.15) is 4.83 Å². The standard InChI is InChI=1S/C26H26N2O2S2/c1-3-26(2)14-20-21(16-30-26)32-23-22(20)24(29)28(15-18-10-6-4-7-11-18)25(27-23)31-17-19-12-8-5-9-13-19/h4-13H,3,14-17H2,1-2H3/t26-/m1/s1. The Balaban J connectivity index is 1.61. The Morgan fingerprint density at radius 1 is 1.09 bits per heavy atom. The van der Waals surface area contributed by atoms with Gasteiger partial charge in [-0.2, -0.15) is 0 Å². The number of ether oxygens (including phenoxy) is 1. The maximum Gasteiger partial charge on any atom is 0.263 e. The number of benzene rings is 2. The SMILES string of the molecule is CC[C@]1(C)Cc2c(sc3nc(SCc4ccccc4)n(Cc4ccccc4)c(=O)c23)CO1. The second-order valence-corrected chi connectivity index (χ2v) is 10.5. The van der Waals surface area contributed by atoms with Crippen LogP contribution in [0.1, 0.15) is 41.8 Å². The summed E-state index contributed by atoms with van der Waals surface area (Å²) in [6, 6.07) is 20.5. The Morgan fingerprint density at radius 3 is 2.47 bits per heavy atom. The molecule has 2 aromatic carbocycles. The summed E-state index contributed by atoms with van der Waals surface area (Å²) in [4.78, 5) is 20.9. The molecule has 0 aliphatic carbocycles. The highest BCUT2D eigenvalue weighted by Gasteiger charge is 2.33. The van der Waals surface area contributed by atoms with Crippen molar-refractivity contribution >= 4 is 33.3 Å². The van der Waals surface area contributed by atoms with Crippen LogP contribution in [-0.2, 0) is 30.1 Å². The summed E-state index contributed by atoms with van der Waals surface area (Å²) in [5.74, 6) is 0.773. The molecule has 0 radical (unpaired) electrons. The lowest BCUT2D eigenvalue weighted by Gasteiger charge is -2.32. The molecule has 5 rings (SSSR count). The molecule has 0 saturated carbocycles. The van der Waals surface area contributed by atoms with Crippen LogP contribution in [0.2, 0.25) is 0 Å². The molecule has 6 heteroatoms. The van der Waals surface area contributed by atoms with E-state index in [-0.39, 0.29) is 11.2 Å². The molecule has 0 unspecified atom stereocenters. The van der Waals surface area contributed by atoms with Gasteiger partial charge in [-0.05, 0) is 30.0 Å². The molecule has 164 valence electrons. The summed E-state index contributed by atoms with van der Waals surface area (Å²) in [7, 11) is 0. The fourth-order valence-electron chi connectivity index (χ4n) is 4.10. The van der Waals surface area contributed by atoms with Gasteiger partial charge in [0, 0.05) is 17.1 Å². The van der Waals surface area contributed by atoms with Gasteiger partial charge in [-0.1, -0.05) is 79.3 Å². The molecule has 4 aromatic rings. The van der Waals surface area contributed by atoms with E-state index in [0.717, 1.165) is 50.0 Å². The normalized spacial score (nSPS) is 18.1. The smallest absolute Gasteiger partial charge is 0.263 e. The zero-order valence-electron chi connectivity index (χ0n) is 18.3. The second kappa shape index (κ2) is 8.85. The molecular weight excluding hydrogens is 436 g/mol. The summed E-state index contributed by atoms with van der Waals surface area (Å²) >= 11 is 3.24. The van der Waals surface area contributed by atoms with E-state index < -0.39 is 0 Å². The molecule has 0 fully saturated rings. The van der Waals surface area contributed by atoms with E-state index in [1.54, 1.807) is 23.1 Å². The molecule has 0 spiro atoms. The van der Waals surface area contributed by atoms with Crippen LogP contribution in [0, 0.1) is 0 Å². The van der Waals surface area contributed by atoms with Crippen LogP contribution in [0.3, 0.4) is 0 Å². The Labute approximate surface area is 196 Å². The first-order chi connectivity index (χ1) is 15.6. The number of nitrogens with zero attached hydrogens (tertiary/aromatic N) is 2. The highest BCUT2D eigenvalue weighted by Crippen LogP contribution is 2.39. The zero-order chi connectivity index (χ0) is 22.1. The maximum absolute atomic E-state index is 13.9. The van der Waals surface area contributed by atoms with Crippen LogP contribution in [0.4, 0.5) is 0 Å². The molecule has 0 bridgehead atoms. The van der Waals surface area contributed by atoms with E-state index in [1.807, 2.05) is 41.0 Å². The third-order valence-corrected chi connectivity index (χ3v) is 8.35. The lowest BCUT2D eigenvalue weighted by Crippen LogP contribution is -2.34. The average molecular weight is 463 g/mol. The first kappa shape index (κ1) is 21.4. The van der Waals surface area contributed by atoms with E-state index in [1.165, 1.54) is 5.56 Å². The van der Waals surface area contributed by atoms with E-state index >= 15 is 0 Å². The van der Waals surface area contributed by atoms with Crippen LogP contribution in [0.25, 0.3) is 10.2 Å². The van der Waals surface area contributed by atoms with Crippen LogP contribution in [-0.4, -0.2) is 15.2 Å². The van der Waals surface area contributed by atoms with Crippen molar-refractivity contribution in [1.82, 2.24) is 9.55 Å². The van der Waals surface area contributed by atoms with Gasteiger partial charge in [0.2, 0.25) is 0 Å². The molecule has 3 heterocycles. The molecule has 32 heavy (non-hydrogen) atoms. The molecule has 0 N–H and O–H groups in total. The quantitative estimate of drug-likeness (QED) is 0.259. The third kappa shape index (κ3) is 4.15. The number of thioether (sulfide) groups is 1. The van der Waals surface area contributed by atoms with Gasteiger partial charge in [-0.25, -0.2) is 4.98 Å². The van der Waals surface area contributed by atoms with Crippen molar-refractivity contribution in [1.29, 1.82) is 0 Å². The molecule has 0 amide bonds. The third-order valence-electron chi connectivity index (χ3n) is 6.20. The monoisotopic (exact) mass is 462 g/mol. The number of hydrogen-bond donors (Lipinski definition) is 0. The topological polar surface area (TPSA) is 44.1 Å². The predicted molar refractivity (Wildman–Crippen MR) is 133 cm³/mol. The Bertz CT molecular complexity index is 1300. The second-order valence-electron chi connectivity index (χ2n) is 8.50. The average Bonchev–Trinajstić information content (AvgIpc) is 3.18. The largest absolute Gasteiger partial charge is 0.369 e. The fourth-order valence-corrected chi connectivity index (χ4v) is 6.20. The van der Waals surface area contributed by atoms with E-state index in [2.05, 4.69) is 38.1 Å². The van der Waals surface area contributed by atoms with Crippen molar-refractivity contribution in [3.05, 3.63) is 92.6 Å². The minimum absolute atomic E-state index is 0.0623. The number of rotatable bonds is 6. The van der Waals surface area contributed by atoms with Gasteiger partial charge in [0.25, 0.3) is 5.56 Å². The number of fused-ring (bicyclic) bond motifs is 3. The maximum atomic E-state index is 13.9. The molecular formula is C26H26N2O2S2.